The molecular weight excluding hydrogens is 282 g/mol. The lowest BCUT2D eigenvalue weighted by atomic mass is 10.1. The van der Waals surface area contributed by atoms with Crippen LogP contribution in [0.1, 0.15) is 26.3 Å². The molecule has 7 nitrogen and oxygen atoms in total. The quantitative estimate of drug-likeness (QED) is 0.693. The first-order valence-corrected chi connectivity index (χ1v) is 6.75. The molecule has 0 aliphatic rings. The molecule has 114 valence electrons. The zero-order valence-electron chi connectivity index (χ0n) is 12.9. The van der Waals surface area contributed by atoms with Gasteiger partial charge in [0, 0.05) is 24.7 Å². The Labute approximate surface area is 128 Å². The molecule has 2 rings (SSSR count). The van der Waals surface area contributed by atoms with Gasteiger partial charge in [0.25, 0.3) is 5.69 Å². The highest BCUT2D eigenvalue weighted by Gasteiger charge is 2.25. The van der Waals surface area contributed by atoms with E-state index < -0.39 is 4.92 Å². The lowest BCUT2D eigenvalue weighted by Crippen LogP contribution is -2.24. The second-order valence-electron chi connectivity index (χ2n) is 5.82. The largest absolute Gasteiger partial charge is 0.372 e. The van der Waals surface area contributed by atoms with Crippen LogP contribution in [0.2, 0.25) is 0 Å². The molecule has 0 atom stereocenters. The summed E-state index contributed by atoms with van der Waals surface area (Å²) in [6.45, 7) is 5.96. The van der Waals surface area contributed by atoms with Crippen molar-refractivity contribution in [2.24, 2.45) is 0 Å². The van der Waals surface area contributed by atoms with E-state index in [0.717, 1.165) is 0 Å². The molecule has 1 aromatic carbocycles. The predicted octanol–water partition coefficient (Wildman–Crippen LogP) is 3.13. The maximum Gasteiger partial charge on any atom is 0.269 e. The van der Waals surface area contributed by atoms with E-state index in [0.29, 0.717) is 22.6 Å². The molecule has 1 N–H and O–H groups in total. The zero-order valence-corrected chi connectivity index (χ0v) is 12.9. The van der Waals surface area contributed by atoms with E-state index in [2.05, 4.69) is 16.5 Å². The number of nitrogens with one attached hydrogen (secondary N) is 1. The standard InChI is InChI=1S/C15H17N5O2/c1-15(2,3)19-14(17-4)12(9-16)13(18-19)10-5-7-11(8-6-10)20(21)22/h5-8,17H,1-4H3. The first-order chi connectivity index (χ1) is 10.3. The van der Waals surface area contributed by atoms with E-state index in [1.165, 1.54) is 12.1 Å². The third kappa shape index (κ3) is 2.63. The minimum absolute atomic E-state index is 0.00588. The number of nitriles is 1. The number of non-ortho nitro benzene ring substituents is 1. The van der Waals surface area contributed by atoms with Gasteiger partial charge < -0.3 is 5.32 Å². The third-order valence-corrected chi connectivity index (χ3v) is 3.22. The van der Waals surface area contributed by atoms with Gasteiger partial charge in [0.2, 0.25) is 0 Å². The summed E-state index contributed by atoms with van der Waals surface area (Å²) in [7, 11) is 1.74. The van der Waals surface area contributed by atoms with Crippen LogP contribution in [-0.4, -0.2) is 21.8 Å². The van der Waals surface area contributed by atoms with Crippen LogP contribution in [0.4, 0.5) is 11.5 Å². The summed E-state index contributed by atoms with van der Waals surface area (Å²) in [6.07, 6.45) is 0. The van der Waals surface area contributed by atoms with Gasteiger partial charge in [-0.05, 0) is 32.9 Å². The smallest absolute Gasteiger partial charge is 0.269 e. The molecule has 1 heterocycles. The molecule has 0 spiro atoms. The molecule has 0 aliphatic heterocycles. The Morgan fingerprint density at radius 3 is 2.32 bits per heavy atom. The summed E-state index contributed by atoms with van der Waals surface area (Å²) >= 11 is 0. The van der Waals surface area contributed by atoms with Crippen LogP contribution >= 0.6 is 0 Å². The van der Waals surface area contributed by atoms with Gasteiger partial charge in [-0.15, -0.1) is 0 Å². The number of anilines is 1. The fourth-order valence-electron chi connectivity index (χ4n) is 2.18. The second-order valence-corrected chi connectivity index (χ2v) is 5.82. The maximum absolute atomic E-state index is 10.7. The maximum atomic E-state index is 10.7. The van der Waals surface area contributed by atoms with E-state index in [1.54, 1.807) is 23.9 Å². The average molecular weight is 299 g/mol. The van der Waals surface area contributed by atoms with E-state index in [1.807, 2.05) is 20.8 Å². The third-order valence-electron chi connectivity index (χ3n) is 3.22. The zero-order chi connectivity index (χ0) is 16.5. The Balaban J connectivity index is 2.63. The van der Waals surface area contributed by atoms with Gasteiger partial charge in [0.05, 0.1) is 10.5 Å². The Morgan fingerprint density at radius 1 is 1.32 bits per heavy atom. The van der Waals surface area contributed by atoms with Crippen molar-refractivity contribution in [3.05, 3.63) is 39.9 Å². The minimum Gasteiger partial charge on any atom is -0.372 e. The van der Waals surface area contributed by atoms with E-state index in [-0.39, 0.29) is 11.2 Å². The molecule has 2 aromatic rings. The fraction of sp³-hybridized carbons (Fsp3) is 0.333. The number of hydrogen-bond donors (Lipinski definition) is 1. The molecule has 0 radical (unpaired) electrons. The molecule has 22 heavy (non-hydrogen) atoms. The van der Waals surface area contributed by atoms with Crippen LogP contribution in [0.25, 0.3) is 11.3 Å². The topological polar surface area (TPSA) is 96.8 Å². The molecule has 0 bridgehead atoms. The summed E-state index contributed by atoms with van der Waals surface area (Å²) in [5.41, 5.74) is 1.30. The van der Waals surface area contributed by atoms with Crippen molar-refractivity contribution >= 4 is 11.5 Å². The van der Waals surface area contributed by atoms with E-state index >= 15 is 0 Å². The highest BCUT2D eigenvalue weighted by atomic mass is 16.6. The fourth-order valence-corrected chi connectivity index (χ4v) is 2.18. The first-order valence-electron chi connectivity index (χ1n) is 6.75. The van der Waals surface area contributed by atoms with Gasteiger partial charge in [-0.1, -0.05) is 0 Å². The van der Waals surface area contributed by atoms with Crippen molar-refractivity contribution in [2.75, 3.05) is 12.4 Å². The molecule has 0 unspecified atom stereocenters. The lowest BCUT2D eigenvalue weighted by Gasteiger charge is -2.21. The normalized spacial score (nSPS) is 11.0. The van der Waals surface area contributed by atoms with Crippen molar-refractivity contribution in [3.8, 4) is 17.3 Å². The molecule has 0 amide bonds. The SMILES string of the molecule is CNc1c(C#N)c(-c2ccc([N+](=O)[O-])cc2)nn1C(C)(C)C. The number of nitro groups is 1. The van der Waals surface area contributed by atoms with Crippen molar-refractivity contribution in [1.29, 1.82) is 5.26 Å². The van der Waals surface area contributed by atoms with Crippen LogP contribution < -0.4 is 5.32 Å². The molecule has 0 fully saturated rings. The number of aromatic nitrogens is 2. The van der Waals surface area contributed by atoms with Gasteiger partial charge in [0.15, 0.2) is 0 Å². The second kappa shape index (κ2) is 5.48. The first kappa shape index (κ1) is 15.5. The van der Waals surface area contributed by atoms with Crippen LogP contribution in [0, 0.1) is 21.4 Å². The Bertz CT molecular complexity index is 748. The van der Waals surface area contributed by atoms with Crippen molar-refractivity contribution in [2.45, 2.75) is 26.3 Å². The highest BCUT2D eigenvalue weighted by molar-refractivity contribution is 5.74. The number of nitro benzene ring substituents is 1. The van der Waals surface area contributed by atoms with Gasteiger partial charge >= 0.3 is 0 Å². The molecule has 0 aliphatic carbocycles. The molecule has 7 heteroatoms. The summed E-state index contributed by atoms with van der Waals surface area (Å²) in [5, 5.41) is 27.7. The van der Waals surface area contributed by atoms with E-state index in [9.17, 15) is 15.4 Å². The average Bonchev–Trinajstić information content (AvgIpc) is 2.85. The lowest BCUT2D eigenvalue weighted by molar-refractivity contribution is -0.384. The molecule has 0 saturated carbocycles. The number of benzene rings is 1. The minimum atomic E-state index is -0.457. The monoisotopic (exact) mass is 299 g/mol. The van der Waals surface area contributed by atoms with Gasteiger partial charge in [0.1, 0.15) is 23.1 Å². The van der Waals surface area contributed by atoms with Crippen LogP contribution in [0.3, 0.4) is 0 Å². The summed E-state index contributed by atoms with van der Waals surface area (Å²) < 4.78 is 1.75. The Morgan fingerprint density at radius 2 is 1.91 bits per heavy atom. The summed E-state index contributed by atoms with van der Waals surface area (Å²) in [6, 6.07) is 8.19. The van der Waals surface area contributed by atoms with Gasteiger partial charge in [-0.2, -0.15) is 10.4 Å². The van der Waals surface area contributed by atoms with Crippen LogP contribution in [-0.2, 0) is 5.54 Å². The van der Waals surface area contributed by atoms with Crippen LogP contribution in [0.15, 0.2) is 24.3 Å². The summed E-state index contributed by atoms with van der Waals surface area (Å²) in [5.74, 6) is 0.628. The molecule has 0 saturated heterocycles. The van der Waals surface area contributed by atoms with Crippen molar-refractivity contribution in [3.63, 3.8) is 0 Å². The molecule has 1 aromatic heterocycles. The van der Waals surface area contributed by atoms with Crippen LogP contribution in [0.5, 0.6) is 0 Å². The summed E-state index contributed by atoms with van der Waals surface area (Å²) in [4.78, 5) is 10.3. The van der Waals surface area contributed by atoms with Gasteiger partial charge in [-0.25, -0.2) is 4.68 Å². The van der Waals surface area contributed by atoms with Crippen molar-refractivity contribution < 1.29 is 4.92 Å². The number of hydrogen-bond acceptors (Lipinski definition) is 5. The number of rotatable bonds is 3. The predicted molar refractivity (Wildman–Crippen MR) is 83.6 cm³/mol. The van der Waals surface area contributed by atoms with E-state index in [4.69, 9.17) is 0 Å². The Kier molecular flexibility index (Phi) is 3.87. The van der Waals surface area contributed by atoms with Crippen molar-refractivity contribution in [1.82, 2.24) is 9.78 Å². The highest BCUT2D eigenvalue weighted by Crippen LogP contribution is 2.32. The number of nitrogens with zero attached hydrogens (tertiary/aromatic N) is 4. The Hall–Kier alpha value is -2.88. The van der Waals surface area contributed by atoms with Gasteiger partial charge in [-0.3, -0.25) is 10.1 Å². The molecular formula is C15H17N5O2.